The standard InChI is InChI=1S/C43H80O2/c1-3-5-7-9-11-13-15-17-19-21-23-25-27-29-31-33-35-37-39-43(41-44,42-45)40-38-36-34-32-30-28-26-24-22-20-18-16-14-12-10-8-6-4-2/h11-14,17-20,44-45H,3-10,15-16,21-42H2,1-2H3/b13-11-,14-12-,19-17-,20-18-. The van der Waals surface area contributed by atoms with Crippen LogP contribution < -0.4 is 0 Å². The summed E-state index contributed by atoms with van der Waals surface area (Å²) >= 11 is 0. The van der Waals surface area contributed by atoms with Gasteiger partial charge in [0.25, 0.3) is 0 Å². The van der Waals surface area contributed by atoms with Gasteiger partial charge >= 0.3 is 0 Å². The van der Waals surface area contributed by atoms with E-state index in [0.717, 1.165) is 38.5 Å². The molecule has 2 heteroatoms. The van der Waals surface area contributed by atoms with Gasteiger partial charge in [-0.15, -0.1) is 0 Å². The SMILES string of the molecule is CCCCC/C=C\C/C=C\CCCCCCCCCCC(CO)(CO)CCCCCCCCCC/C=C\C/C=C\CCCCC. The third-order valence-electron chi connectivity index (χ3n) is 9.49. The molecule has 264 valence electrons. The minimum absolute atomic E-state index is 0.136. The molecule has 0 atom stereocenters. The summed E-state index contributed by atoms with van der Waals surface area (Å²) in [4.78, 5) is 0. The van der Waals surface area contributed by atoms with Crippen LogP contribution >= 0.6 is 0 Å². The molecule has 0 aromatic heterocycles. The van der Waals surface area contributed by atoms with Gasteiger partial charge in [0.15, 0.2) is 0 Å². The summed E-state index contributed by atoms with van der Waals surface area (Å²) in [6.07, 6.45) is 56.5. The fourth-order valence-corrected chi connectivity index (χ4v) is 6.17. The molecule has 0 radical (unpaired) electrons. The molecular weight excluding hydrogens is 548 g/mol. The van der Waals surface area contributed by atoms with Crippen LogP contribution in [0, 0.1) is 5.41 Å². The van der Waals surface area contributed by atoms with Crippen LogP contribution in [-0.2, 0) is 0 Å². The van der Waals surface area contributed by atoms with E-state index in [4.69, 9.17) is 0 Å². The van der Waals surface area contributed by atoms with Crippen LogP contribution in [0.15, 0.2) is 48.6 Å². The Morgan fingerprint density at radius 3 is 0.889 bits per heavy atom. The van der Waals surface area contributed by atoms with Crippen LogP contribution in [0.2, 0.25) is 0 Å². The third kappa shape index (κ3) is 32.6. The average molecular weight is 629 g/mol. The molecule has 0 unspecified atom stereocenters. The highest BCUT2D eigenvalue weighted by atomic mass is 16.3. The van der Waals surface area contributed by atoms with Gasteiger partial charge in [-0.1, -0.05) is 178 Å². The molecule has 0 spiro atoms. The lowest BCUT2D eigenvalue weighted by Gasteiger charge is -2.30. The Morgan fingerprint density at radius 2 is 0.600 bits per heavy atom. The summed E-state index contributed by atoms with van der Waals surface area (Å²) in [6.45, 7) is 4.79. The van der Waals surface area contributed by atoms with Crippen LogP contribution in [0.4, 0.5) is 0 Å². The molecule has 0 fully saturated rings. The maximum absolute atomic E-state index is 10.1. The number of aliphatic hydroxyl groups excluding tert-OH is 2. The molecule has 45 heavy (non-hydrogen) atoms. The van der Waals surface area contributed by atoms with Gasteiger partial charge in [0.05, 0.1) is 13.2 Å². The molecule has 0 aromatic carbocycles. The molecule has 0 aromatic rings. The summed E-state index contributed by atoms with van der Waals surface area (Å²) in [6, 6.07) is 0. The maximum atomic E-state index is 10.1. The summed E-state index contributed by atoms with van der Waals surface area (Å²) in [7, 11) is 0. The van der Waals surface area contributed by atoms with Gasteiger partial charge in [0, 0.05) is 5.41 Å². The van der Waals surface area contributed by atoms with E-state index in [2.05, 4.69) is 62.5 Å². The predicted molar refractivity (Wildman–Crippen MR) is 203 cm³/mol. The van der Waals surface area contributed by atoms with Gasteiger partial charge in [0.2, 0.25) is 0 Å². The first-order valence-corrected chi connectivity index (χ1v) is 20.1. The first kappa shape index (κ1) is 43.9. The summed E-state index contributed by atoms with van der Waals surface area (Å²) in [5.41, 5.74) is -0.253. The van der Waals surface area contributed by atoms with Crippen LogP contribution in [0.25, 0.3) is 0 Å². The lowest BCUT2D eigenvalue weighted by molar-refractivity contribution is 0.0353. The molecule has 0 saturated carbocycles. The fourth-order valence-electron chi connectivity index (χ4n) is 6.17. The first-order chi connectivity index (χ1) is 22.2. The second-order valence-corrected chi connectivity index (χ2v) is 13.9. The van der Waals surface area contributed by atoms with Crippen LogP contribution in [0.1, 0.15) is 206 Å². The van der Waals surface area contributed by atoms with Gasteiger partial charge in [-0.3, -0.25) is 0 Å². The van der Waals surface area contributed by atoms with Crippen molar-refractivity contribution in [3.05, 3.63) is 48.6 Å². The summed E-state index contributed by atoms with van der Waals surface area (Å²) in [5.74, 6) is 0. The Kier molecular flexibility index (Phi) is 36.4. The number of hydrogen-bond acceptors (Lipinski definition) is 2. The highest BCUT2D eigenvalue weighted by Gasteiger charge is 2.27. The lowest BCUT2D eigenvalue weighted by atomic mass is 9.79. The molecular formula is C43H80O2. The maximum Gasteiger partial charge on any atom is 0.0509 e. The van der Waals surface area contributed by atoms with Gasteiger partial charge in [-0.05, 0) is 77.0 Å². The molecule has 0 heterocycles. The zero-order valence-corrected chi connectivity index (χ0v) is 30.6. The Hall–Kier alpha value is -1.12. The quantitative estimate of drug-likeness (QED) is 0.0535. The van der Waals surface area contributed by atoms with E-state index in [9.17, 15) is 10.2 Å². The number of allylic oxidation sites excluding steroid dienone is 8. The number of aliphatic hydroxyl groups is 2. The Labute approximate surface area is 283 Å². The van der Waals surface area contributed by atoms with Crippen molar-refractivity contribution in [2.75, 3.05) is 13.2 Å². The number of unbranched alkanes of at least 4 members (excludes halogenated alkanes) is 22. The van der Waals surface area contributed by atoms with Crippen molar-refractivity contribution in [2.24, 2.45) is 5.41 Å². The monoisotopic (exact) mass is 629 g/mol. The Balaban J connectivity index is 3.61. The molecule has 0 aliphatic carbocycles. The zero-order valence-electron chi connectivity index (χ0n) is 30.6. The van der Waals surface area contributed by atoms with Crippen LogP contribution in [0.5, 0.6) is 0 Å². The van der Waals surface area contributed by atoms with Crippen molar-refractivity contribution in [3.63, 3.8) is 0 Å². The molecule has 0 amide bonds. The minimum Gasteiger partial charge on any atom is -0.396 e. The highest BCUT2D eigenvalue weighted by molar-refractivity contribution is 4.93. The predicted octanol–water partition coefficient (Wildman–Crippen LogP) is 13.9. The van der Waals surface area contributed by atoms with Gasteiger partial charge in [-0.25, -0.2) is 0 Å². The molecule has 2 N–H and O–H groups in total. The number of hydrogen-bond donors (Lipinski definition) is 2. The smallest absolute Gasteiger partial charge is 0.0509 e. The van der Waals surface area contributed by atoms with E-state index in [1.165, 1.54) is 154 Å². The van der Waals surface area contributed by atoms with Crippen molar-refractivity contribution >= 4 is 0 Å². The lowest BCUT2D eigenvalue weighted by Crippen LogP contribution is -2.29. The van der Waals surface area contributed by atoms with Gasteiger partial charge in [-0.2, -0.15) is 0 Å². The van der Waals surface area contributed by atoms with Gasteiger partial charge in [0.1, 0.15) is 0 Å². The summed E-state index contributed by atoms with van der Waals surface area (Å²) in [5, 5.41) is 20.2. The van der Waals surface area contributed by atoms with E-state index in [1.54, 1.807) is 0 Å². The molecule has 0 bridgehead atoms. The van der Waals surface area contributed by atoms with Crippen molar-refractivity contribution in [1.82, 2.24) is 0 Å². The average Bonchev–Trinajstić information content (AvgIpc) is 3.06. The third-order valence-corrected chi connectivity index (χ3v) is 9.49. The van der Waals surface area contributed by atoms with Crippen molar-refractivity contribution < 1.29 is 10.2 Å². The molecule has 0 rings (SSSR count). The van der Waals surface area contributed by atoms with Crippen LogP contribution in [0.3, 0.4) is 0 Å². The minimum atomic E-state index is -0.253. The topological polar surface area (TPSA) is 40.5 Å². The Bertz CT molecular complexity index is 615. The van der Waals surface area contributed by atoms with E-state index in [-0.39, 0.29) is 18.6 Å². The Morgan fingerprint density at radius 1 is 0.333 bits per heavy atom. The van der Waals surface area contributed by atoms with Gasteiger partial charge < -0.3 is 10.2 Å². The van der Waals surface area contributed by atoms with E-state index in [0.29, 0.717) is 0 Å². The van der Waals surface area contributed by atoms with E-state index >= 15 is 0 Å². The second kappa shape index (κ2) is 37.3. The first-order valence-electron chi connectivity index (χ1n) is 20.1. The van der Waals surface area contributed by atoms with E-state index in [1.807, 2.05) is 0 Å². The number of rotatable bonds is 36. The molecule has 0 aliphatic rings. The zero-order chi connectivity index (χ0) is 32.8. The fraction of sp³-hybridized carbons (Fsp3) is 0.814. The molecule has 0 aliphatic heterocycles. The normalized spacial score (nSPS) is 12.7. The van der Waals surface area contributed by atoms with E-state index < -0.39 is 0 Å². The highest BCUT2D eigenvalue weighted by Crippen LogP contribution is 2.31. The molecule has 2 nitrogen and oxygen atoms in total. The largest absolute Gasteiger partial charge is 0.396 e. The van der Waals surface area contributed by atoms with Crippen molar-refractivity contribution in [3.8, 4) is 0 Å². The van der Waals surface area contributed by atoms with Crippen molar-refractivity contribution in [1.29, 1.82) is 0 Å². The second-order valence-electron chi connectivity index (χ2n) is 13.9. The van der Waals surface area contributed by atoms with Crippen LogP contribution in [-0.4, -0.2) is 23.4 Å². The van der Waals surface area contributed by atoms with Crippen molar-refractivity contribution in [2.45, 2.75) is 206 Å². The molecule has 0 saturated heterocycles. The summed E-state index contributed by atoms with van der Waals surface area (Å²) < 4.78 is 0.